The van der Waals surface area contributed by atoms with Gasteiger partial charge in [0.25, 0.3) is 0 Å². The molecule has 2 aromatic rings. The second-order valence-corrected chi connectivity index (χ2v) is 2.92. The Bertz CT molecular complexity index is 472. The standard InChI is InChI=1S/C9H6F3NO/c10-9(11,12)6-2-1-3-7-5(6)4-8(14)13-7/h1-4,13-14H. The van der Waals surface area contributed by atoms with Crippen LogP contribution in [0.1, 0.15) is 5.56 Å². The molecule has 0 radical (unpaired) electrons. The number of aromatic nitrogens is 1. The lowest BCUT2D eigenvalue weighted by Gasteiger charge is -2.06. The van der Waals surface area contributed by atoms with Crippen molar-refractivity contribution < 1.29 is 18.3 Å². The highest BCUT2D eigenvalue weighted by atomic mass is 19.4. The zero-order valence-corrected chi connectivity index (χ0v) is 6.89. The van der Waals surface area contributed by atoms with Crippen LogP contribution in [0.5, 0.6) is 5.88 Å². The smallest absolute Gasteiger partial charge is 0.417 e. The van der Waals surface area contributed by atoms with Crippen LogP contribution in [0.15, 0.2) is 24.3 Å². The number of fused-ring (bicyclic) bond motifs is 1. The predicted molar refractivity (Wildman–Crippen MR) is 45.0 cm³/mol. The summed E-state index contributed by atoms with van der Waals surface area (Å²) in [4.78, 5) is 2.43. The SMILES string of the molecule is Oc1cc2c(C(F)(F)F)cccc2[nH]1. The van der Waals surface area contributed by atoms with E-state index in [0.717, 1.165) is 12.1 Å². The van der Waals surface area contributed by atoms with Crippen LogP contribution in [0.25, 0.3) is 10.9 Å². The molecule has 2 nitrogen and oxygen atoms in total. The number of hydrogen-bond acceptors (Lipinski definition) is 1. The highest BCUT2D eigenvalue weighted by Crippen LogP contribution is 2.35. The van der Waals surface area contributed by atoms with Crippen LogP contribution in [0, 0.1) is 0 Å². The fourth-order valence-electron chi connectivity index (χ4n) is 1.39. The van der Waals surface area contributed by atoms with Crippen LogP contribution in [-0.4, -0.2) is 10.1 Å². The normalized spacial score (nSPS) is 12.2. The van der Waals surface area contributed by atoms with Gasteiger partial charge in [0.15, 0.2) is 5.88 Å². The third-order valence-corrected chi connectivity index (χ3v) is 1.96. The van der Waals surface area contributed by atoms with Crippen molar-refractivity contribution in [3.8, 4) is 5.88 Å². The van der Waals surface area contributed by atoms with E-state index >= 15 is 0 Å². The number of benzene rings is 1. The number of hydrogen-bond donors (Lipinski definition) is 2. The Hall–Kier alpha value is -1.65. The van der Waals surface area contributed by atoms with Crippen LogP contribution in [0.4, 0.5) is 13.2 Å². The lowest BCUT2D eigenvalue weighted by atomic mass is 10.1. The second kappa shape index (κ2) is 2.67. The molecule has 0 saturated heterocycles. The maximum atomic E-state index is 12.4. The highest BCUT2D eigenvalue weighted by molar-refractivity contribution is 5.85. The second-order valence-electron chi connectivity index (χ2n) is 2.92. The van der Waals surface area contributed by atoms with E-state index in [-0.39, 0.29) is 16.8 Å². The fourth-order valence-corrected chi connectivity index (χ4v) is 1.39. The number of rotatable bonds is 0. The minimum atomic E-state index is -4.39. The average Bonchev–Trinajstić information content (AvgIpc) is 2.41. The lowest BCUT2D eigenvalue weighted by Crippen LogP contribution is -2.04. The largest absolute Gasteiger partial charge is 0.495 e. The maximum absolute atomic E-state index is 12.4. The fraction of sp³-hybridized carbons (Fsp3) is 0.111. The van der Waals surface area contributed by atoms with Crippen LogP contribution < -0.4 is 0 Å². The quantitative estimate of drug-likeness (QED) is 0.675. The number of alkyl halides is 3. The van der Waals surface area contributed by atoms with E-state index < -0.39 is 11.7 Å². The van der Waals surface area contributed by atoms with Gasteiger partial charge in [0, 0.05) is 17.0 Å². The Morgan fingerprint density at radius 3 is 2.57 bits per heavy atom. The summed E-state index contributed by atoms with van der Waals surface area (Å²) in [6, 6.07) is 4.82. The van der Waals surface area contributed by atoms with Crippen molar-refractivity contribution in [2.24, 2.45) is 0 Å². The van der Waals surface area contributed by atoms with Gasteiger partial charge in [0.2, 0.25) is 0 Å². The summed E-state index contributed by atoms with van der Waals surface area (Å²) < 4.78 is 37.3. The predicted octanol–water partition coefficient (Wildman–Crippen LogP) is 2.89. The first-order valence-corrected chi connectivity index (χ1v) is 3.86. The minimum Gasteiger partial charge on any atom is -0.495 e. The Kier molecular flexibility index (Phi) is 1.70. The molecular formula is C9H6F3NO. The van der Waals surface area contributed by atoms with Crippen LogP contribution in [-0.2, 0) is 6.18 Å². The molecule has 0 aliphatic carbocycles. The van der Waals surface area contributed by atoms with Gasteiger partial charge in [-0.25, -0.2) is 0 Å². The first kappa shape index (κ1) is 8.93. The number of aromatic amines is 1. The summed E-state index contributed by atoms with van der Waals surface area (Å²) in [7, 11) is 0. The first-order valence-electron chi connectivity index (χ1n) is 3.86. The molecule has 0 amide bonds. The summed E-state index contributed by atoms with van der Waals surface area (Å²) >= 11 is 0. The van der Waals surface area contributed by atoms with Crippen molar-refractivity contribution >= 4 is 10.9 Å². The van der Waals surface area contributed by atoms with Gasteiger partial charge >= 0.3 is 6.18 Å². The van der Waals surface area contributed by atoms with Gasteiger partial charge in [-0.15, -0.1) is 0 Å². The molecule has 14 heavy (non-hydrogen) atoms. The molecule has 2 N–H and O–H groups in total. The molecule has 0 spiro atoms. The van der Waals surface area contributed by atoms with Gasteiger partial charge in [-0.3, -0.25) is 0 Å². The van der Waals surface area contributed by atoms with Crippen molar-refractivity contribution in [1.29, 1.82) is 0 Å². The maximum Gasteiger partial charge on any atom is 0.417 e. The highest BCUT2D eigenvalue weighted by Gasteiger charge is 2.32. The van der Waals surface area contributed by atoms with E-state index in [1.165, 1.54) is 12.1 Å². The molecule has 1 aromatic carbocycles. The summed E-state index contributed by atoms with van der Waals surface area (Å²) in [5, 5.41) is 9.01. The summed E-state index contributed by atoms with van der Waals surface area (Å²) in [6.07, 6.45) is -4.39. The topological polar surface area (TPSA) is 36.0 Å². The molecule has 1 heterocycles. The third-order valence-electron chi connectivity index (χ3n) is 1.96. The summed E-state index contributed by atoms with van der Waals surface area (Å²) in [5.41, 5.74) is -0.469. The van der Waals surface area contributed by atoms with Crippen molar-refractivity contribution in [3.63, 3.8) is 0 Å². The first-order chi connectivity index (χ1) is 6.48. The molecule has 0 atom stereocenters. The van der Waals surface area contributed by atoms with Gasteiger partial charge in [-0.05, 0) is 12.1 Å². The van der Waals surface area contributed by atoms with Gasteiger partial charge in [0.1, 0.15) is 0 Å². The van der Waals surface area contributed by atoms with Gasteiger partial charge in [-0.2, -0.15) is 13.2 Å². The van der Waals surface area contributed by atoms with Crippen molar-refractivity contribution in [2.45, 2.75) is 6.18 Å². The van der Waals surface area contributed by atoms with Crippen molar-refractivity contribution in [2.75, 3.05) is 0 Å². The van der Waals surface area contributed by atoms with E-state index in [1.54, 1.807) is 0 Å². The number of halogens is 3. The Balaban J connectivity index is 2.77. The third kappa shape index (κ3) is 1.30. The summed E-state index contributed by atoms with van der Waals surface area (Å²) in [5.74, 6) is -0.267. The Morgan fingerprint density at radius 2 is 1.93 bits per heavy atom. The molecular weight excluding hydrogens is 195 g/mol. The molecule has 1 aromatic heterocycles. The molecule has 74 valence electrons. The van der Waals surface area contributed by atoms with Crippen molar-refractivity contribution in [3.05, 3.63) is 29.8 Å². The molecule has 0 bridgehead atoms. The van der Waals surface area contributed by atoms with Gasteiger partial charge in [0.05, 0.1) is 5.56 Å². The minimum absolute atomic E-state index is 0.0162. The van der Waals surface area contributed by atoms with Crippen LogP contribution >= 0.6 is 0 Å². The van der Waals surface area contributed by atoms with Crippen LogP contribution in [0.2, 0.25) is 0 Å². The summed E-state index contributed by atoms with van der Waals surface area (Å²) in [6.45, 7) is 0. The van der Waals surface area contributed by atoms with Gasteiger partial charge in [-0.1, -0.05) is 6.07 Å². The molecule has 0 aliphatic rings. The molecule has 5 heteroatoms. The Labute approximate surface area is 77.0 Å². The number of H-pyrrole nitrogens is 1. The van der Waals surface area contributed by atoms with E-state index in [2.05, 4.69) is 4.98 Å². The van der Waals surface area contributed by atoms with Gasteiger partial charge < -0.3 is 10.1 Å². The number of nitrogens with one attached hydrogen (secondary N) is 1. The monoisotopic (exact) mass is 201 g/mol. The molecule has 0 unspecified atom stereocenters. The molecule has 0 aliphatic heterocycles. The number of aromatic hydroxyl groups is 1. The molecule has 0 fully saturated rings. The zero-order chi connectivity index (χ0) is 10.3. The average molecular weight is 201 g/mol. The van der Waals surface area contributed by atoms with E-state index in [4.69, 9.17) is 5.11 Å². The lowest BCUT2D eigenvalue weighted by molar-refractivity contribution is -0.136. The zero-order valence-electron chi connectivity index (χ0n) is 6.89. The van der Waals surface area contributed by atoms with Crippen molar-refractivity contribution in [1.82, 2.24) is 4.98 Å². The van der Waals surface area contributed by atoms with E-state index in [9.17, 15) is 13.2 Å². The Morgan fingerprint density at radius 1 is 1.21 bits per heavy atom. The van der Waals surface area contributed by atoms with E-state index in [1.807, 2.05) is 0 Å². The van der Waals surface area contributed by atoms with Crippen LogP contribution in [0.3, 0.4) is 0 Å². The van der Waals surface area contributed by atoms with E-state index in [0.29, 0.717) is 0 Å². The molecule has 2 rings (SSSR count). The molecule has 0 saturated carbocycles.